The molecule has 1 aromatic carbocycles. The first-order valence-corrected chi connectivity index (χ1v) is 6.20. The zero-order chi connectivity index (χ0) is 13.5. The zero-order valence-corrected chi connectivity index (χ0v) is 10.3. The summed E-state index contributed by atoms with van der Waals surface area (Å²) < 4.78 is 29.6. The lowest BCUT2D eigenvalue weighted by Gasteiger charge is -2.17. The Kier molecular flexibility index (Phi) is 2.73. The number of halogens is 2. The van der Waals surface area contributed by atoms with E-state index in [1.54, 1.807) is 18.2 Å². The summed E-state index contributed by atoms with van der Waals surface area (Å²) in [6, 6.07) is 7.73. The number of alkyl halides is 2. The Bertz CT molecular complexity index is 576. The molecule has 0 spiro atoms. The summed E-state index contributed by atoms with van der Waals surface area (Å²) in [4.78, 5) is 0. The third-order valence-corrected chi connectivity index (χ3v) is 3.31. The first-order chi connectivity index (χ1) is 9.08. The standard InChI is InChI=1S/C13H14F2N4/c14-13(15,10-4-2-1-3-5-10)8-19-11(9-6-7-9)12(16)17-18-19/h1-5,9H,6-8,16H2. The van der Waals surface area contributed by atoms with E-state index in [9.17, 15) is 8.78 Å². The molecule has 0 saturated heterocycles. The molecule has 0 aliphatic heterocycles. The predicted molar refractivity (Wildman–Crippen MR) is 66.7 cm³/mol. The molecule has 0 radical (unpaired) electrons. The Morgan fingerprint density at radius 2 is 1.95 bits per heavy atom. The summed E-state index contributed by atoms with van der Waals surface area (Å²) in [7, 11) is 0. The zero-order valence-electron chi connectivity index (χ0n) is 10.3. The Labute approximate surface area is 109 Å². The predicted octanol–water partition coefficient (Wildman–Crippen LogP) is 2.53. The van der Waals surface area contributed by atoms with Gasteiger partial charge in [0.05, 0.1) is 5.69 Å². The monoisotopic (exact) mass is 264 g/mol. The summed E-state index contributed by atoms with van der Waals surface area (Å²) in [6.45, 7) is -0.521. The maximum Gasteiger partial charge on any atom is 0.292 e. The molecule has 3 rings (SSSR count). The molecule has 1 aliphatic rings. The molecule has 100 valence electrons. The van der Waals surface area contributed by atoms with E-state index in [2.05, 4.69) is 10.3 Å². The molecule has 1 aromatic heterocycles. The summed E-state index contributed by atoms with van der Waals surface area (Å²) in [5, 5.41) is 7.46. The summed E-state index contributed by atoms with van der Waals surface area (Å²) in [5.74, 6) is -2.47. The fourth-order valence-electron chi connectivity index (χ4n) is 2.19. The molecule has 1 aliphatic carbocycles. The fourth-order valence-corrected chi connectivity index (χ4v) is 2.19. The number of benzene rings is 1. The van der Waals surface area contributed by atoms with E-state index < -0.39 is 12.5 Å². The van der Waals surface area contributed by atoms with Gasteiger partial charge in [0, 0.05) is 11.5 Å². The molecule has 4 nitrogen and oxygen atoms in total. The summed E-state index contributed by atoms with van der Waals surface area (Å²) >= 11 is 0. The second-order valence-corrected chi connectivity index (χ2v) is 4.86. The van der Waals surface area contributed by atoms with Crippen LogP contribution in [0.15, 0.2) is 30.3 Å². The van der Waals surface area contributed by atoms with Gasteiger partial charge in [-0.15, -0.1) is 5.10 Å². The van der Waals surface area contributed by atoms with Gasteiger partial charge in [0.1, 0.15) is 6.54 Å². The lowest BCUT2D eigenvalue weighted by molar-refractivity contribution is -0.0265. The van der Waals surface area contributed by atoms with Gasteiger partial charge in [-0.1, -0.05) is 35.5 Å². The molecule has 2 N–H and O–H groups in total. The number of hydrogen-bond acceptors (Lipinski definition) is 3. The van der Waals surface area contributed by atoms with Crippen LogP contribution in [-0.2, 0) is 12.5 Å². The van der Waals surface area contributed by atoms with Crippen molar-refractivity contribution in [2.75, 3.05) is 5.73 Å². The second-order valence-electron chi connectivity index (χ2n) is 4.86. The maximum absolute atomic E-state index is 14.2. The van der Waals surface area contributed by atoms with E-state index >= 15 is 0 Å². The van der Waals surface area contributed by atoms with Crippen molar-refractivity contribution >= 4 is 5.82 Å². The van der Waals surface area contributed by atoms with Crippen molar-refractivity contribution in [1.29, 1.82) is 0 Å². The number of rotatable bonds is 4. The number of aromatic nitrogens is 3. The van der Waals surface area contributed by atoms with Crippen LogP contribution in [0.3, 0.4) is 0 Å². The quantitative estimate of drug-likeness (QED) is 0.923. The molecule has 0 atom stereocenters. The van der Waals surface area contributed by atoms with E-state index in [4.69, 9.17) is 5.73 Å². The van der Waals surface area contributed by atoms with Crippen LogP contribution in [0.5, 0.6) is 0 Å². The summed E-state index contributed by atoms with van der Waals surface area (Å²) in [5.41, 5.74) is 6.33. The molecule has 2 aromatic rings. The highest BCUT2D eigenvalue weighted by molar-refractivity contribution is 5.38. The van der Waals surface area contributed by atoms with E-state index in [1.807, 2.05) is 0 Å². The largest absolute Gasteiger partial charge is 0.381 e. The summed E-state index contributed by atoms with van der Waals surface area (Å²) in [6.07, 6.45) is 1.93. The minimum Gasteiger partial charge on any atom is -0.381 e. The number of nitrogens with two attached hydrogens (primary N) is 1. The van der Waals surface area contributed by atoms with Crippen LogP contribution in [-0.4, -0.2) is 15.0 Å². The molecule has 0 bridgehead atoms. The lowest BCUT2D eigenvalue weighted by atomic mass is 10.1. The number of hydrogen-bond donors (Lipinski definition) is 1. The van der Waals surface area contributed by atoms with Gasteiger partial charge in [0.2, 0.25) is 0 Å². The topological polar surface area (TPSA) is 56.7 Å². The van der Waals surface area contributed by atoms with E-state index in [0.717, 1.165) is 12.8 Å². The van der Waals surface area contributed by atoms with Gasteiger partial charge in [0.25, 0.3) is 5.92 Å². The van der Waals surface area contributed by atoms with E-state index in [1.165, 1.54) is 16.8 Å². The maximum atomic E-state index is 14.2. The second kappa shape index (κ2) is 4.29. The van der Waals surface area contributed by atoms with Crippen molar-refractivity contribution < 1.29 is 8.78 Å². The molecular weight excluding hydrogens is 250 g/mol. The molecule has 0 amide bonds. The Balaban J connectivity index is 1.88. The average molecular weight is 264 g/mol. The van der Waals surface area contributed by atoms with Gasteiger partial charge < -0.3 is 5.73 Å². The number of anilines is 1. The van der Waals surface area contributed by atoms with Crippen molar-refractivity contribution in [1.82, 2.24) is 15.0 Å². The lowest BCUT2D eigenvalue weighted by Crippen LogP contribution is -2.23. The Morgan fingerprint density at radius 1 is 1.26 bits per heavy atom. The van der Waals surface area contributed by atoms with Crippen LogP contribution < -0.4 is 5.73 Å². The van der Waals surface area contributed by atoms with Crippen molar-refractivity contribution in [2.45, 2.75) is 31.2 Å². The van der Waals surface area contributed by atoms with Crippen molar-refractivity contribution in [3.63, 3.8) is 0 Å². The highest BCUT2D eigenvalue weighted by Gasteiger charge is 2.37. The van der Waals surface area contributed by atoms with Crippen LogP contribution in [0.4, 0.5) is 14.6 Å². The molecular formula is C13H14F2N4. The van der Waals surface area contributed by atoms with Crippen molar-refractivity contribution in [3.05, 3.63) is 41.6 Å². The van der Waals surface area contributed by atoms with E-state index in [0.29, 0.717) is 5.69 Å². The van der Waals surface area contributed by atoms with E-state index in [-0.39, 0.29) is 17.3 Å². The van der Waals surface area contributed by atoms with Crippen molar-refractivity contribution in [2.24, 2.45) is 0 Å². The average Bonchev–Trinajstić information content (AvgIpc) is 3.16. The Morgan fingerprint density at radius 3 is 2.58 bits per heavy atom. The molecule has 19 heavy (non-hydrogen) atoms. The van der Waals surface area contributed by atoms with Crippen LogP contribution in [0.2, 0.25) is 0 Å². The smallest absolute Gasteiger partial charge is 0.292 e. The molecule has 1 fully saturated rings. The van der Waals surface area contributed by atoms with Crippen LogP contribution in [0.1, 0.15) is 30.0 Å². The SMILES string of the molecule is Nc1nnn(CC(F)(F)c2ccccc2)c1C1CC1. The van der Waals surface area contributed by atoms with Crippen molar-refractivity contribution in [3.8, 4) is 0 Å². The van der Waals surface area contributed by atoms with Crippen LogP contribution in [0.25, 0.3) is 0 Å². The fraction of sp³-hybridized carbons (Fsp3) is 0.385. The van der Waals surface area contributed by atoms with Gasteiger partial charge >= 0.3 is 0 Å². The third kappa shape index (κ3) is 2.30. The van der Waals surface area contributed by atoms with Crippen LogP contribution >= 0.6 is 0 Å². The normalized spacial score (nSPS) is 15.7. The van der Waals surface area contributed by atoms with Gasteiger partial charge in [-0.3, -0.25) is 0 Å². The number of nitrogen functional groups attached to an aromatic ring is 1. The van der Waals surface area contributed by atoms with Gasteiger partial charge in [-0.25, -0.2) is 4.68 Å². The molecule has 1 saturated carbocycles. The third-order valence-electron chi connectivity index (χ3n) is 3.31. The number of nitrogens with zero attached hydrogens (tertiary/aromatic N) is 3. The first-order valence-electron chi connectivity index (χ1n) is 6.20. The Hall–Kier alpha value is -1.98. The minimum absolute atomic E-state index is 0.0224. The van der Waals surface area contributed by atoms with Gasteiger partial charge in [-0.05, 0) is 12.8 Å². The van der Waals surface area contributed by atoms with Gasteiger partial charge in [-0.2, -0.15) is 8.78 Å². The minimum atomic E-state index is -2.98. The highest BCUT2D eigenvalue weighted by atomic mass is 19.3. The highest BCUT2D eigenvalue weighted by Crippen LogP contribution is 2.43. The molecule has 6 heteroatoms. The van der Waals surface area contributed by atoms with Gasteiger partial charge in [0.15, 0.2) is 5.82 Å². The first kappa shape index (κ1) is 12.1. The molecule has 1 heterocycles. The van der Waals surface area contributed by atoms with Crippen LogP contribution in [0, 0.1) is 0 Å². The molecule has 0 unspecified atom stereocenters.